The SMILES string of the molecule is Cc1c(Cl)cccc1-c1ccccc1C(F)(F)F. The average molecular weight is 271 g/mol. The van der Waals surface area contributed by atoms with E-state index in [4.69, 9.17) is 11.6 Å². The van der Waals surface area contributed by atoms with E-state index in [1.54, 1.807) is 31.2 Å². The van der Waals surface area contributed by atoms with E-state index in [9.17, 15) is 13.2 Å². The fourth-order valence-electron chi connectivity index (χ4n) is 1.86. The summed E-state index contributed by atoms with van der Waals surface area (Å²) in [5.74, 6) is 0. The van der Waals surface area contributed by atoms with Crippen LogP contribution in [-0.4, -0.2) is 0 Å². The zero-order valence-corrected chi connectivity index (χ0v) is 10.3. The van der Waals surface area contributed by atoms with Crippen molar-refractivity contribution in [3.8, 4) is 11.1 Å². The molecule has 0 aliphatic heterocycles. The van der Waals surface area contributed by atoms with Gasteiger partial charge >= 0.3 is 6.18 Å². The first-order valence-corrected chi connectivity index (χ1v) is 5.71. The van der Waals surface area contributed by atoms with Crippen molar-refractivity contribution in [2.75, 3.05) is 0 Å². The molecular formula is C14H10ClF3. The molecule has 0 N–H and O–H groups in total. The van der Waals surface area contributed by atoms with Gasteiger partial charge in [-0.1, -0.05) is 41.9 Å². The maximum absolute atomic E-state index is 12.9. The zero-order valence-electron chi connectivity index (χ0n) is 9.55. The highest BCUT2D eigenvalue weighted by molar-refractivity contribution is 6.31. The van der Waals surface area contributed by atoms with E-state index in [1.807, 2.05) is 0 Å². The van der Waals surface area contributed by atoms with Crippen molar-refractivity contribution < 1.29 is 13.2 Å². The lowest BCUT2D eigenvalue weighted by atomic mass is 9.96. The van der Waals surface area contributed by atoms with Gasteiger partial charge in [0.1, 0.15) is 0 Å². The number of benzene rings is 2. The van der Waals surface area contributed by atoms with Crippen LogP contribution in [0.1, 0.15) is 11.1 Å². The minimum Gasteiger partial charge on any atom is -0.166 e. The Labute approximate surface area is 108 Å². The van der Waals surface area contributed by atoms with E-state index in [-0.39, 0.29) is 5.56 Å². The third-order valence-corrected chi connectivity index (χ3v) is 3.20. The first kappa shape index (κ1) is 13.0. The molecule has 2 rings (SSSR count). The van der Waals surface area contributed by atoms with Crippen LogP contribution >= 0.6 is 11.6 Å². The first-order chi connectivity index (χ1) is 8.41. The summed E-state index contributed by atoms with van der Waals surface area (Å²) in [6.45, 7) is 1.71. The van der Waals surface area contributed by atoms with Gasteiger partial charge in [-0.15, -0.1) is 0 Å². The lowest BCUT2D eigenvalue weighted by molar-refractivity contribution is -0.137. The Hall–Kier alpha value is -1.48. The van der Waals surface area contributed by atoms with Crippen LogP contribution in [0.5, 0.6) is 0 Å². The molecule has 0 amide bonds. The molecule has 0 heterocycles. The maximum atomic E-state index is 12.9. The molecule has 0 atom stereocenters. The fraction of sp³-hybridized carbons (Fsp3) is 0.143. The van der Waals surface area contributed by atoms with Gasteiger partial charge in [0.05, 0.1) is 5.56 Å². The van der Waals surface area contributed by atoms with Gasteiger partial charge in [-0.2, -0.15) is 13.2 Å². The van der Waals surface area contributed by atoms with Gasteiger partial charge in [0, 0.05) is 5.02 Å². The lowest BCUT2D eigenvalue weighted by Crippen LogP contribution is -2.07. The third kappa shape index (κ3) is 2.36. The maximum Gasteiger partial charge on any atom is 0.417 e. The monoisotopic (exact) mass is 270 g/mol. The molecule has 0 radical (unpaired) electrons. The Kier molecular flexibility index (Phi) is 3.35. The van der Waals surface area contributed by atoms with Crippen LogP contribution in [0.15, 0.2) is 42.5 Å². The van der Waals surface area contributed by atoms with E-state index in [2.05, 4.69) is 0 Å². The van der Waals surface area contributed by atoms with Gasteiger partial charge in [-0.25, -0.2) is 0 Å². The molecule has 0 spiro atoms. The highest BCUT2D eigenvalue weighted by Crippen LogP contribution is 2.38. The minimum atomic E-state index is -4.37. The summed E-state index contributed by atoms with van der Waals surface area (Å²) >= 11 is 5.95. The normalized spacial score (nSPS) is 11.6. The summed E-state index contributed by atoms with van der Waals surface area (Å²) < 4.78 is 38.8. The Bertz CT molecular complexity index is 573. The number of alkyl halides is 3. The van der Waals surface area contributed by atoms with E-state index >= 15 is 0 Å². The number of halogens is 4. The van der Waals surface area contributed by atoms with E-state index < -0.39 is 11.7 Å². The lowest BCUT2D eigenvalue weighted by Gasteiger charge is -2.15. The van der Waals surface area contributed by atoms with Gasteiger partial charge < -0.3 is 0 Å². The quantitative estimate of drug-likeness (QED) is 0.657. The van der Waals surface area contributed by atoms with Gasteiger partial charge in [0.25, 0.3) is 0 Å². The smallest absolute Gasteiger partial charge is 0.166 e. The van der Waals surface area contributed by atoms with Crippen molar-refractivity contribution in [3.05, 3.63) is 58.6 Å². The van der Waals surface area contributed by atoms with Gasteiger partial charge in [-0.3, -0.25) is 0 Å². The summed E-state index contributed by atoms with van der Waals surface area (Å²) in [5, 5.41) is 0.462. The fourth-order valence-corrected chi connectivity index (χ4v) is 2.04. The predicted octanol–water partition coefficient (Wildman–Crippen LogP) is 5.33. The van der Waals surface area contributed by atoms with Crippen LogP contribution in [0.4, 0.5) is 13.2 Å². The van der Waals surface area contributed by atoms with Crippen LogP contribution in [0.2, 0.25) is 5.02 Å². The second-order valence-electron chi connectivity index (χ2n) is 3.96. The highest BCUT2D eigenvalue weighted by atomic mass is 35.5. The number of hydrogen-bond acceptors (Lipinski definition) is 0. The summed E-state index contributed by atoms with van der Waals surface area (Å²) in [7, 11) is 0. The first-order valence-electron chi connectivity index (χ1n) is 5.33. The second kappa shape index (κ2) is 4.65. The standard InChI is InChI=1S/C14H10ClF3/c1-9-10(6-4-8-13(9)15)11-5-2-3-7-12(11)14(16,17)18/h2-8H,1H3. The van der Waals surface area contributed by atoms with Crippen LogP contribution in [0.3, 0.4) is 0 Å². The van der Waals surface area contributed by atoms with Crippen molar-refractivity contribution in [3.63, 3.8) is 0 Å². The molecule has 18 heavy (non-hydrogen) atoms. The third-order valence-electron chi connectivity index (χ3n) is 2.79. The van der Waals surface area contributed by atoms with Crippen molar-refractivity contribution >= 4 is 11.6 Å². The topological polar surface area (TPSA) is 0 Å². The van der Waals surface area contributed by atoms with Gasteiger partial charge in [0.15, 0.2) is 0 Å². The zero-order chi connectivity index (χ0) is 13.3. The molecule has 4 heteroatoms. The van der Waals surface area contributed by atoms with Crippen molar-refractivity contribution in [1.82, 2.24) is 0 Å². The van der Waals surface area contributed by atoms with Crippen LogP contribution in [0, 0.1) is 6.92 Å². The summed E-state index contributed by atoms with van der Waals surface area (Å²) in [6.07, 6.45) is -4.37. The highest BCUT2D eigenvalue weighted by Gasteiger charge is 2.33. The average Bonchev–Trinajstić information content (AvgIpc) is 2.32. The largest absolute Gasteiger partial charge is 0.417 e. The molecule has 0 fully saturated rings. The Balaban J connectivity index is 2.69. The molecule has 0 aromatic heterocycles. The van der Waals surface area contributed by atoms with Crippen LogP contribution in [-0.2, 0) is 6.18 Å². The molecule has 2 aromatic rings. The van der Waals surface area contributed by atoms with Crippen molar-refractivity contribution in [1.29, 1.82) is 0 Å². The summed E-state index contributed by atoms with van der Waals surface area (Å²) in [4.78, 5) is 0. The summed E-state index contributed by atoms with van der Waals surface area (Å²) in [5.41, 5.74) is 0.673. The molecule has 94 valence electrons. The molecule has 0 aliphatic rings. The molecule has 0 nitrogen and oxygen atoms in total. The van der Waals surface area contributed by atoms with Crippen molar-refractivity contribution in [2.24, 2.45) is 0 Å². The number of hydrogen-bond donors (Lipinski definition) is 0. The van der Waals surface area contributed by atoms with E-state index in [0.717, 1.165) is 6.07 Å². The molecule has 0 bridgehead atoms. The van der Waals surface area contributed by atoms with E-state index in [1.165, 1.54) is 12.1 Å². The van der Waals surface area contributed by atoms with Crippen LogP contribution < -0.4 is 0 Å². The number of rotatable bonds is 1. The van der Waals surface area contributed by atoms with Crippen LogP contribution in [0.25, 0.3) is 11.1 Å². The molecule has 0 aliphatic carbocycles. The van der Waals surface area contributed by atoms with Crippen molar-refractivity contribution in [2.45, 2.75) is 13.1 Å². The Morgan fingerprint density at radius 3 is 2.17 bits per heavy atom. The Morgan fingerprint density at radius 2 is 1.50 bits per heavy atom. The minimum absolute atomic E-state index is 0.157. The second-order valence-corrected chi connectivity index (χ2v) is 4.36. The molecule has 0 saturated carbocycles. The summed E-state index contributed by atoms with van der Waals surface area (Å²) in [6, 6.07) is 10.5. The molecular weight excluding hydrogens is 261 g/mol. The van der Waals surface area contributed by atoms with E-state index in [0.29, 0.717) is 16.1 Å². The van der Waals surface area contributed by atoms with Gasteiger partial charge in [0.2, 0.25) is 0 Å². The molecule has 0 saturated heterocycles. The Morgan fingerprint density at radius 1 is 0.889 bits per heavy atom. The molecule has 0 unspecified atom stereocenters. The van der Waals surface area contributed by atoms with Gasteiger partial charge in [-0.05, 0) is 35.7 Å². The molecule has 2 aromatic carbocycles. The predicted molar refractivity (Wildman–Crippen MR) is 66.6 cm³/mol.